The molecule has 4 nitrogen and oxygen atoms in total. The first-order valence-corrected chi connectivity index (χ1v) is 9.00. The number of guanidine groups is 1. The van der Waals surface area contributed by atoms with E-state index in [0.29, 0.717) is 18.6 Å². The van der Waals surface area contributed by atoms with E-state index in [1.54, 1.807) is 0 Å². The second-order valence-electron chi connectivity index (χ2n) is 6.33. The zero-order valence-electron chi connectivity index (χ0n) is 14.5. The maximum Gasteiger partial charge on any atom is 0.191 e. The third kappa shape index (κ3) is 5.70. The van der Waals surface area contributed by atoms with Crippen LogP contribution in [0.3, 0.4) is 0 Å². The van der Waals surface area contributed by atoms with Crippen molar-refractivity contribution in [1.82, 2.24) is 15.5 Å². The Kier molecular flexibility index (Phi) is 7.18. The van der Waals surface area contributed by atoms with Crippen molar-refractivity contribution in [3.05, 3.63) is 34.9 Å². The Morgan fingerprint density at radius 1 is 1.30 bits per heavy atom. The van der Waals surface area contributed by atoms with Crippen molar-refractivity contribution in [2.75, 3.05) is 19.6 Å². The molecule has 23 heavy (non-hydrogen) atoms. The van der Waals surface area contributed by atoms with E-state index in [1.165, 1.54) is 0 Å². The summed E-state index contributed by atoms with van der Waals surface area (Å²) in [7, 11) is 0. The molecule has 0 spiro atoms. The van der Waals surface area contributed by atoms with E-state index < -0.39 is 0 Å². The topological polar surface area (TPSA) is 39.7 Å². The van der Waals surface area contributed by atoms with Crippen LogP contribution in [0.4, 0.5) is 0 Å². The minimum absolute atomic E-state index is 0.494. The lowest BCUT2D eigenvalue weighted by Crippen LogP contribution is -2.49. The number of aliphatic imine (C=N–C) groups is 1. The highest BCUT2D eigenvalue weighted by atomic mass is 35.5. The first-order chi connectivity index (χ1) is 11.1. The predicted octanol–water partition coefficient (Wildman–Crippen LogP) is 3.27. The molecule has 1 aromatic carbocycles. The largest absolute Gasteiger partial charge is 0.357 e. The molecule has 1 saturated heterocycles. The summed E-state index contributed by atoms with van der Waals surface area (Å²) in [6.07, 6.45) is 2.32. The van der Waals surface area contributed by atoms with Gasteiger partial charge in [0.05, 0.1) is 6.54 Å². The van der Waals surface area contributed by atoms with Crippen LogP contribution in [0.15, 0.2) is 29.3 Å². The number of nitrogens with one attached hydrogen (secondary N) is 2. The maximum absolute atomic E-state index is 6.21. The quantitative estimate of drug-likeness (QED) is 0.640. The number of nitrogens with zero attached hydrogens (tertiary/aromatic N) is 2. The third-order valence-corrected chi connectivity index (χ3v) is 4.68. The summed E-state index contributed by atoms with van der Waals surface area (Å²) < 4.78 is 0. The molecule has 0 radical (unpaired) electrons. The van der Waals surface area contributed by atoms with Gasteiger partial charge in [0.25, 0.3) is 0 Å². The van der Waals surface area contributed by atoms with Gasteiger partial charge in [-0.1, -0.05) is 29.8 Å². The number of halogens is 1. The molecule has 0 saturated carbocycles. The van der Waals surface area contributed by atoms with Gasteiger partial charge in [0, 0.05) is 36.7 Å². The number of hydrogen-bond donors (Lipinski definition) is 2. The van der Waals surface area contributed by atoms with E-state index in [2.05, 4.69) is 41.3 Å². The first-order valence-electron chi connectivity index (χ1n) is 8.62. The van der Waals surface area contributed by atoms with Gasteiger partial charge in [-0.25, -0.2) is 4.99 Å². The molecule has 128 valence electrons. The fourth-order valence-corrected chi connectivity index (χ4v) is 3.06. The second-order valence-corrected chi connectivity index (χ2v) is 6.74. The summed E-state index contributed by atoms with van der Waals surface area (Å²) in [5.41, 5.74) is 1.06. The molecule has 5 heteroatoms. The summed E-state index contributed by atoms with van der Waals surface area (Å²) in [4.78, 5) is 7.22. The summed E-state index contributed by atoms with van der Waals surface area (Å²) in [6, 6.07) is 9.01. The zero-order chi connectivity index (χ0) is 16.7. The molecular weight excluding hydrogens is 308 g/mol. The van der Waals surface area contributed by atoms with Crippen molar-refractivity contribution >= 4 is 17.6 Å². The molecule has 0 atom stereocenters. The lowest BCUT2D eigenvalue weighted by Gasteiger charge is -2.35. The van der Waals surface area contributed by atoms with Crippen LogP contribution >= 0.6 is 11.6 Å². The van der Waals surface area contributed by atoms with Crippen LogP contribution in [0.5, 0.6) is 0 Å². The summed E-state index contributed by atoms with van der Waals surface area (Å²) in [5, 5.41) is 7.69. The second kappa shape index (κ2) is 9.14. The van der Waals surface area contributed by atoms with Crippen LogP contribution < -0.4 is 10.6 Å². The highest BCUT2D eigenvalue weighted by molar-refractivity contribution is 6.31. The minimum atomic E-state index is 0.494. The molecule has 0 aliphatic carbocycles. The smallest absolute Gasteiger partial charge is 0.191 e. The third-order valence-electron chi connectivity index (χ3n) is 4.31. The molecule has 2 N–H and O–H groups in total. The standard InChI is InChI=1S/C18H29ClN4/c1-4-20-18(21-13-15-7-5-6-8-17(15)19)22-16-9-11-23(12-10-16)14(2)3/h5-8,14,16H,4,9-13H2,1-3H3,(H2,20,21,22). The predicted molar refractivity (Wildman–Crippen MR) is 99.1 cm³/mol. The maximum atomic E-state index is 6.21. The van der Waals surface area contributed by atoms with Gasteiger partial charge >= 0.3 is 0 Å². The number of rotatable bonds is 5. The average Bonchev–Trinajstić information content (AvgIpc) is 2.54. The van der Waals surface area contributed by atoms with Crippen molar-refractivity contribution in [3.63, 3.8) is 0 Å². The van der Waals surface area contributed by atoms with E-state index in [-0.39, 0.29) is 0 Å². The van der Waals surface area contributed by atoms with Crippen LogP contribution in [0.2, 0.25) is 5.02 Å². The Morgan fingerprint density at radius 2 is 2.00 bits per heavy atom. The molecule has 0 amide bonds. The average molecular weight is 337 g/mol. The van der Waals surface area contributed by atoms with Gasteiger partial charge in [-0.05, 0) is 45.2 Å². The highest BCUT2D eigenvalue weighted by Crippen LogP contribution is 2.16. The Hall–Kier alpha value is -1.26. The number of piperidine rings is 1. The molecule has 1 aromatic rings. The Bertz CT molecular complexity index is 507. The van der Waals surface area contributed by atoms with Gasteiger partial charge in [0.2, 0.25) is 0 Å². The van der Waals surface area contributed by atoms with E-state index in [1.807, 2.05) is 24.3 Å². The molecule has 1 heterocycles. The van der Waals surface area contributed by atoms with Gasteiger partial charge < -0.3 is 15.5 Å². The van der Waals surface area contributed by atoms with Crippen molar-refractivity contribution < 1.29 is 0 Å². The molecule has 2 rings (SSSR count). The highest BCUT2D eigenvalue weighted by Gasteiger charge is 2.21. The number of likely N-dealkylation sites (tertiary alicyclic amines) is 1. The van der Waals surface area contributed by atoms with E-state index >= 15 is 0 Å². The normalized spacial score (nSPS) is 17.5. The van der Waals surface area contributed by atoms with Crippen molar-refractivity contribution in [2.24, 2.45) is 4.99 Å². The van der Waals surface area contributed by atoms with Gasteiger partial charge in [-0.3, -0.25) is 0 Å². The van der Waals surface area contributed by atoms with Crippen LogP contribution in [0.25, 0.3) is 0 Å². The number of hydrogen-bond acceptors (Lipinski definition) is 2. The summed E-state index contributed by atoms with van der Waals surface area (Å²) in [5.74, 6) is 0.885. The van der Waals surface area contributed by atoms with Crippen molar-refractivity contribution in [1.29, 1.82) is 0 Å². The minimum Gasteiger partial charge on any atom is -0.357 e. The van der Waals surface area contributed by atoms with E-state index in [4.69, 9.17) is 11.6 Å². The Labute approximate surface area is 145 Å². The summed E-state index contributed by atoms with van der Waals surface area (Å²) in [6.45, 7) is 10.4. The van der Waals surface area contributed by atoms with Gasteiger partial charge in [-0.15, -0.1) is 0 Å². The Morgan fingerprint density at radius 3 is 2.61 bits per heavy atom. The molecule has 1 aliphatic heterocycles. The molecule has 1 aliphatic rings. The van der Waals surface area contributed by atoms with Gasteiger partial charge in [0.1, 0.15) is 0 Å². The Balaban J connectivity index is 1.91. The molecule has 0 unspecified atom stereocenters. The molecular formula is C18H29ClN4. The SMILES string of the molecule is CCNC(=NCc1ccccc1Cl)NC1CCN(C(C)C)CC1. The number of benzene rings is 1. The molecule has 0 aromatic heterocycles. The van der Waals surface area contributed by atoms with E-state index in [0.717, 1.165) is 49.0 Å². The fraction of sp³-hybridized carbons (Fsp3) is 0.611. The summed E-state index contributed by atoms with van der Waals surface area (Å²) >= 11 is 6.21. The van der Waals surface area contributed by atoms with Crippen LogP contribution in [0.1, 0.15) is 39.2 Å². The monoisotopic (exact) mass is 336 g/mol. The lowest BCUT2D eigenvalue weighted by atomic mass is 10.0. The zero-order valence-corrected chi connectivity index (χ0v) is 15.2. The van der Waals surface area contributed by atoms with Gasteiger partial charge in [-0.2, -0.15) is 0 Å². The molecule has 1 fully saturated rings. The molecule has 0 bridgehead atoms. The lowest BCUT2D eigenvalue weighted by molar-refractivity contribution is 0.167. The van der Waals surface area contributed by atoms with Crippen molar-refractivity contribution in [2.45, 2.75) is 52.2 Å². The van der Waals surface area contributed by atoms with Crippen LogP contribution in [0, 0.1) is 0 Å². The fourth-order valence-electron chi connectivity index (χ4n) is 2.86. The van der Waals surface area contributed by atoms with Crippen LogP contribution in [-0.2, 0) is 6.54 Å². The van der Waals surface area contributed by atoms with Crippen LogP contribution in [-0.4, -0.2) is 42.6 Å². The van der Waals surface area contributed by atoms with Gasteiger partial charge in [0.15, 0.2) is 5.96 Å². The van der Waals surface area contributed by atoms with Crippen molar-refractivity contribution in [3.8, 4) is 0 Å². The van der Waals surface area contributed by atoms with E-state index in [9.17, 15) is 0 Å². The first kappa shape index (κ1) is 18.1.